The Labute approximate surface area is 128 Å². The highest BCUT2D eigenvalue weighted by Crippen LogP contribution is 2.31. The first-order valence-corrected chi connectivity index (χ1v) is 8.25. The molecule has 1 aromatic heterocycles. The molecule has 114 valence electrons. The summed E-state index contributed by atoms with van der Waals surface area (Å²) >= 11 is 1.55. The summed E-state index contributed by atoms with van der Waals surface area (Å²) in [4.78, 5) is 28.3. The normalized spacial score (nSPS) is 25.0. The van der Waals surface area contributed by atoms with Gasteiger partial charge in [0, 0.05) is 24.0 Å². The van der Waals surface area contributed by atoms with Gasteiger partial charge in [-0.05, 0) is 45.4 Å². The molecular formula is C15H21N3O2S. The molecule has 1 atom stereocenters. The first kappa shape index (κ1) is 14.5. The van der Waals surface area contributed by atoms with Crippen LogP contribution in [-0.2, 0) is 4.79 Å². The van der Waals surface area contributed by atoms with E-state index in [9.17, 15) is 9.59 Å². The quantitative estimate of drug-likeness (QED) is 0.871. The van der Waals surface area contributed by atoms with E-state index in [-0.39, 0.29) is 11.8 Å². The zero-order chi connectivity index (χ0) is 15.0. The molecule has 3 rings (SSSR count). The Morgan fingerprint density at radius 1 is 1.38 bits per heavy atom. The molecule has 2 amide bonds. The van der Waals surface area contributed by atoms with E-state index in [1.54, 1.807) is 30.1 Å². The smallest absolute Gasteiger partial charge is 0.264 e. The molecule has 6 heteroatoms. The molecule has 0 radical (unpaired) electrons. The minimum Gasteiger partial charge on any atom is -0.352 e. The Balaban J connectivity index is 1.80. The van der Waals surface area contributed by atoms with E-state index in [0.29, 0.717) is 19.1 Å². The molecule has 0 spiro atoms. The third-order valence-corrected chi connectivity index (χ3v) is 5.52. The molecular weight excluding hydrogens is 286 g/mol. The Hall–Kier alpha value is -1.40. The van der Waals surface area contributed by atoms with Gasteiger partial charge in [-0.1, -0.05) is 0 Å². The highest BCUT2D eigenvalue weighted by molar-refractivity contribution is 7.14. The van der Waals surface area contributed by atoms with Crippen molar-refractivity contribution in [2.24, 2.45) is 0 Å². The van der Waals surface area contributed by atoms with Crippen molar-refractivity contribution in [3.8, 4) is 0 Å². The highest BCUT2D eigenvalue weighted by atomic mass is 32.1. The zero-order valence-electron chi connectivity index (χ0n) is 12.4. The van der Waals surface area contributed by atoms with Crippen molar-refractivity contribution in [3.63, 3.8) is 0 Å². The molecule has 2 saturated heterocycles. The van der Waals surface area contributed by atoms with Crippen LogP contribution in [0.25, 0.3) is 0 Å². The predicted octanol–water partition coefficient (Wildman–Crippen LogP) is 1.52. The lowest BCUT2D eigenvalue weighted by Gasteiger charge is -2.40. The van der Waals surface area contributed by atoms with Crippen LogP contribution in [-0.4, -0.2) is 41.9 Å². The van der Waals surface area contributed by atoms with Gasteiger partial charge in [0.2, 0.25) is 5.91 Å². The zero-order valence-corrected chi connectivity index (χ0v) is 13.3. The Morgan fingerprint density at radius 3 is 2.90 bits per heavy atom. The molecule has 3 heterocycles. The molecule has 0 aliphatic carbocycles. The number of piperazine rings is 1. The number of hydrogen-bond acceptors (Lipinski definition) is 4. The third-order valence-electron chi connectivity index (χ3n) is 4.34. The summed E-state index contributed by atoms with van der Waals surface area (Å²) in [7, 11) is 0. The second-order valence-corrected chi connectivity index (χ2v) is 7.24. The Bertz CT molecular complexity index is 561. The SMILES string of the molecule is CC1(C)C(=O)NCCN1C(=O)c1ccc(C2CCCN2)s1. The van der Waals surface area contributed by atoms with Crippen molar-refractivity contribution >= 4 is 23.2 Å². The molecule has 0 aromatic carbocycles. The lowest BCUT2D eigenvalue weighted by Crippen LogP contribution is -2.63. The van der Waals surface area contributed by atoms with E-state index in [2.05, 4.69) is 10.6 Å². The van der Waals surface area contributed by atoms with Gasteiger partial charge in [0.1, 0.15) is 5.54 Å². The topological polar surface area (TPSA) is 61.4 Å². The van der Waals surface area contributed by atoms with E-state index in [1.165, 1.54) is 11.3 Å². The molecule has 0 saturated carbocycles. The molecule has 2 N–H and O–H groups in total. The minimum atomic E-state index is -0.787. The summed E-state index contributed by atoms with van der Waals surface area (Å²) in [6.07, 6.45) is 2.32. The molecule has 0 bridgehead atoms. The van der Waals surface area contributed by atoms with Crippen molar-refractivity contribution in [1.29, 1.82) is 0 Å². The summed E-state index contributed by atoms with van der Waals surface area (Å²) in [5, 5.41) is 6.27. The number of hydrogen-bond donors (Lipinski definition) is 2. The number of carbonyl (C=O) groups excluding carboxylic acids is 2. The molecule has 2 aliphatic rings. The van der Waals surface area contributed by atoms with Crippen LogP contribution in [0.5, 0.6) is 0 Å². The Morgan fingerprint density at radius 2 is 2.19 bits per heavy atom. The first-order valence-electron chi connectivity index (χ1n) is 7.43. The molecule has 1 aromatic rings. The maximum atomic E-state index is 12.7. The summed E-state index contributed by atoms with van der Waals surface area (Å²) < 4.78 is 0. The molecule has 5 nitrogen and oxygen atoms in total. The standard InChI is InChI=1S/C15H21N3O2S/c1-15(2)14(20)17-8-9-18(15)13(19)12-6-5-11(21-12)10-4-3-7-16-10/h5-6,10,16H,3-4,7-9H2,1-2H3,(H,17,20). The van der Waals surface area contributed by atoms with Gasteiger partial charge in [0.05, 0.1) is 4.88 Å². The van der Waals surface area contributed by atoms with Gasteiger partial charge in [0.15, 0.2) is 0 Å². The van der Waals surface area contributed by atoms with Crippen LogP contribution in [0.4, 0.5) is 0 Å². The van der Waals surface area contributed by atoms with Gasteiger partial charge >= 0.3 is 0 Å². The van der Waals surface area contributed by atoms with E-state index in [1.807, 2.05) is 12.1 Å². The summed E-state index contributed by atoms with van der Waals surface area (Å²) in [6, 6.07) is 4.32. The predicted molar refractivity (Wildman–Crippen MR) is 82.4 cm³/mol. The maximum Gasteiger partial charge on any atom is 0.264 e. The first-order chi connectivity index (χ1) is 10.00. The minimum absolute atomic E-state index is 0.0379. The van der Waals surface area contributed by atoms with Gasteiger partial charge in [-0.3, -0.25) is 9.59 Å². The number of rotatable bonds is 2. The second-order valence-electron chi connectivity index (χ2n) is 6.12. The van der Waals surface area contributed by atoms with Crippen molar-refractivity contribution in [2.75, 3.05) is 19.6 Å². The van der Waals surface area contributed by atoms with E-state index < -0.39 is 5.54 Å². The van der Waals surface area contributed by atoms with Crippen LogP contribution in [0.15, 0.2) is 12.1 Å². The molecule has 21 heavy (non-hydrogen) atoms. The van der Waals surface area contributed by atoms with Crippen LogP contribution in [0.3, 0.4) is 0 Å². The summed E-state index contributed by atoms with van der Waals surface area (Å²) in [5.41, 5.74) is -0.787. The largest absolute Gasteiger partial charge is 0.352 e. The fourth-order valence-corrected chi connectivity index (χ4v) is 4.04. The Kier molecular flexibility index (Phi) is 3.75. The average Bonchev–Trinajstić information content (AvgIpc) is 3.10. The van der Waals surface area contributed by atoms with Crippen molar-refractivity contribution < 1.29 is 9.59 Å². The van der Waals surface area contributed by atoms with E-state index >= 15 is 0 Å². The van der Waals surface area contributed by atoms with Gasteiger partial charge in [-0.25, -0.2) is 0 Å². The molecule has 2 fully saturated rings. The number of thiophene rings is 1. The van der Waals surface area contributed by atoms with Gasteiger partial charge in [-0.15, -0.1) is 11.3 Å². The number of carbonyl (C=O) groups is 2. The van der Waals surface area contributed by atoms with Crippen molar-refractivity contribution in [2.45, 2.75) is 38.3 Å². The van der Waals surface area contributed by atoms with Crippen LogP contribution in [0.2, 0.25) is 0 Å². The highest BCUT2D eigenvalue weighted by Gasteiger charge is 2.41. The van der Waals surface area contributed by atoms with Crippen molar-refractivity contribution in [1.82, 2.24) is 15.5 Å². The van der Waals surface area contributed by atoms with Gasteiger partial charge < -0.3 is 15.5 Å². The monoisotopic (exact) mass is 307 g/mol. The van der Waals surface area contributed by atoms with Crippen LogP contribution < -0.4 is 10.6 Å². The fourth-order valence-electron chi connectivity index (χ4n) is 2.97. The van der Waals surface area contributed by atoms with Gasteiger partial charge in [0.25, 0.3) is 5.91 Å². The third kappa shape index (κ3) is 2.58. The van der Waals surface area contributed by atoms with E-state index in [4.69, 9.17) is 0 Å². The van der Waals surface area contributed by atoms with Crippen LogP contribution >= 0.6 is 11.3 Å². The summed E-state index contributed by atoms with van der Waals surface area (Å²) in [6.45, 7) is 5.73. The second kappa shape index (κ2) is 5.42. The van der Waals surface area contributed by atoms with E-state index in [0.717, 1.165) is 17.8 Å². The van der Waals surface area contributed by atoms with Crippen LogP contribution in [0.1, 0.15) is 47.3 Å². The number of nitrogens with zero attached hydrogens (tertiary/aromatic N) is 1. The molecule has 1 unspecified atom stereocenters. The molecule has 2 aliphatic heterocycles. The van der Waals surface area contributed by atoms with Crippen LogP contribution in [0, 0.1) is 0 Å². The number of nitrogens with one attached hydrogen (secondary N) is 2. The van der Waals surface area contributed by atoms with Gasteiger partial charge in [-0.2, -0.15) is 0 Å². The summed E-state index contributed by atoms with van der Waals surface area (Å²) in [5.74, 6) is -0.125. The lowest BCUT2D eigenvalue weighted by atomic mass is 9.98. The average molecular weight is 307 g/mol. The van der Waals surface area contributed by atoms with Crippen molar-refractivity contribution in [3.05, 3.63) is 21.9 Å². The lowest BCUT2D eigenvalue weighted by molar-refractivity contribution is -0.133. The maximum absolute atomic E-state index is 12.7. The fraction of sp³-hybridized carbons (Fsp3) is 0.600. The number of amides is 2.